The van der Waals surface area contributed by atoms with Gasteiger partial charge in [-0.25, -0.2) is 0 Å². The molecule has 0 radical (unpaired) electrons. The maximum Gasteiger partial charge on any atom is 0.0620 e. The standard InChI is InChI=1S/C34H28N2/c1-34(2,3)23-19-26(21-11-5-4-6-12-21)32(35)27(20-23)22-17-28-24-13-7-9-15-30(24)36-31-16-10-8-14-25(31)29(18-22)33(28)36/h4-20H,35H2,1-3H3. The molecule has 0 saturated heterocycles. The predicted molar refractivity (Wildman–Crippen MR) is 155 cm³/mol. The Hall–Kier alpha value is -4.30. The molecule has 0 aliphatic rings. The van der Waals surface area contributed by atoms with Gasteiger partial charge in [0, 0.05) is 38.4 Å². The van der Waals surface area contributed by atoms with Crippen LogP contribution in [0.5, 0.6) is 0 Å². The predicted octanol–water partition coefficient (Wildman–Crippen LogP) is 9.05. The van der Waals surface area contributed by atoms with E-state index >= 15 is 0 Å². The first kappa shape index (κ1) is 21.0. The Morgan fingerprint density at radius 3 is 1.61 bits per heavy atom. The zero-order chi connectivity index (χ0) is 24.6. The van der Waals surface area contributed by atoms with E-state index in [4.69, 9.17) is 5.73 Å². The summed E-state index contributed by atoms with van der Waals surface area (Å²) >= 11 is 0. The van der Waals surface area contributed by atoms with Crippen molar-refractivity contribution < 1.29 is 0 Å². The largest absolute Gasteiger partial charge is 0.398 e. The van der Waals surface area contributed by atoms with Crippen molar-refractivity contribution in [2.75, 3.05) is 5.73 Å². The molecule has 7 rings (SSSR count). The van der Waals surface area contributed by atoms with Crippen molar-refractivity contribution in [2.24, 2.45) is 0 Å². The highest BCUT2D eigenvalue weighted by Crippen LogP contribution is 2.44. The third-order valence-electron chi connectivity index (χ3n) is 7.65. The summed E-state index contributed by atoms with van der Waals surface area (Å²) in [6.45, 7) is 6.80. The van der Waals surface area contributed by atoms with Crippen LogP contribution >= 0.6 is 0 Å². The van der Waals surface area contributed by atoms with Gasteiger partial charge in [0.15, 0.2) is 0 Å². The fourth-order valence-electron chi connectivity index (χ4n) is 5.79. The minimum Gasteiger partial charge on any atom is -0.398 e. The number of nitrogens with zero attached hydrogens (tertiary/aromatic N) is 1. The second-order valence-electron chi connectivity index (χ2n) is 10.9. The van der Waals surface area contributed by atoms with E-state index in [2.05, 4.69) is 128 Å². The number of fused-ring (bicyclic) bond motifs is 6. The average molecular weight is 465 g/mol. The van der Waals surface area contributed by atoms with Crippen molar-refractivity contribution in [2.45, 2.75) is 26.2 Å². The molecule has 5 aromatic carbocycles. The van der Waals surface area contributed by atoms with E-state index in [0.29, 0.717) is 0 Å². The van der Waals surface area contributed by atoms with Gasteiger partial charge in [-0.3, -0.25) is 0 Å². The van der Waals surface area contributed by atoms with Gasteiger partial charge in [-0.2, -0.15) is 0 Å². The number of hydrogen-bond acceptors (Lipinski definition) is 1. The molecule has 0 saturated carbocycles. The lowest BCUT2D eigenvalue weighted by Gasteiger charge is -2.23. The van der Waals surface area contributed by atoms with Crippen LogP contribution < -0.4 is 5.73 Å². The van der Waals surface area contributed by atoms with Gasteiger partial charge in [0.1, 0.15) is 0 Å². The van der Waals surface area contributed by atoms with Crippen LogP contribution in [0.4, 0.5) is 5.69 Å². The fourth-order valence-corrected chi connectivity index (χ4v) is 5.79. The van der Waals surface area contributed by atoms with Crippen molar-refractivity contribution in [1.82, 2.24) is 4.40 Å². The summed E-state index contributed by atoms with van der Waals surface area (Å²) < 4.78 is 2.42. The third kappa shape index (κ3) is 2.91. The summed E-state index contributed by atoms with van der Waals surface area (Å²) in [6, 6.07) is 37.2. The Morgan fingerprint density at radius 2 is 1.06 bits per heavy atom. The second-order valence-corrected chi connectivity index (χ2v) is 10.9. The Bertz CT molecular complexity index is 1830. The molecule has 0 fully saturated rings. The van der Waals surface area contributed by atoms with E-state index in [9.17, 15) is 0 Å². The van der Waals surface area contributed by atoms with E-state index in [1.165, 1.54) is 43.7 Å². The highest BCUT2D eigenvalue weighted by molar-refractivity contribution is 6.24. The number of nitrogen functional groups attached to an aromatic ring is 1. The Labute approximate surface area is 210 Å². The van der Waals surface area contributed by atoms with Crippen LogP contribution in [0.25, 0.3) is 60.3 Å². The maximum atomic E-state index is 6.99. The van der Waals surface area contributed by atoms with Crippen LogP contribution in [0, 0.1) is 0 Å². The molecule has 2 heterocycles. The fraction of sp³-hybridized carbons (Fsp3) is 0.118. The highest BCUT2D eigenvalue weighted by Gasteiger charge is 2.22. The molecule has 2 aromatic heterocycles. The van der Waals surface area contributed by atoms with Crippen LogP contribution in [0.3, 0.4) is 0 Å². The quantitative estimate of drug-likeness (QED) is 0.254. The van der Waals surface area contributed by atoms with Crippen LogP contribution in [-0.2, 0) is 5.41 Å². The SMILES string of the molecule is CC(C)(C)c1cc(-c2ccccc2)c(N)c(-c2cc3c4ccccc4n4c5ccccc5c(c2)c34)c1. The van der Waals surface area contributed by atoms with Gasteiger partial charge in [0.05, 0.1) is 16.6 Å². The van der Waals surface area contributed by atoms with Crippen molar-refractivity contribution in [3.63, 3.8) is 0 Å². The minimum atomic E-state index is -0.00447. The van der Waals surface area contributed by atoms with Gasteiger partial charge in [-0.05, 0) is 58.5 Å². The summed E-state index contributed by atoms with van der Waals surface area (Å²) in [4.78, 5) is 0. The van der Waals surface area contributed by atoms with Gasteiger partial charge in [0.2, 0.25) is 0 Å². The molecule has 174 valence electrons. The summed E-state index contributed by atoms with van der Waals surface area (Å²) in [5, 5.41) is 5.10. The lowest BCUT2D eigenvalue weighted by Crippen LogP contribution is -2.12. The number of rotatable bonds is 2. The van der Waals surface area contributed by atoms with E-state index in [1.807, 2.05) is 0 Å². The molecule has 0 bridgehead atoms. The molecule has 7 aromatic rings. The van der Waals surface area contributed by atoms with Gasteiger partial charge >= 0.3 is 0 Å². The molecule has 0 spiro atoms. The molecule has 36 heavy (non-hydrogen) atoms. The van der Waals surface area contributed by atoms with Crippen LogP contribution in [0.2, 0.25) is 0 Å². The highest BCUT2D eigenvalue weighted by atomic mass is 14.9. The zero-order valence-electron chi connectivity index (χ0n) is 20.8. The molecule has 2 N–H and O–H groups in total. The van der Waals surface area contributed by atoms with E-state index in [0.717, 1.165) is 27.9 Å². The van der Waals surface area contributed by atoms with Crippen LogP contribution in [-0.4, -0.2) is 4.40 Å². The van der Waals surface area contributed by atoms with Gasteiger partial charge in [0.25, 0.3) is 0 Å². The Balaban J connectivity index is 1.62. The number of nitrogens with two attached hydrogens (primary N) is 1. The number of aromatic nitrogens is 1. The van der Waals surface area contributed by atoms with Crippen molar-refractivity contribution >= 4 is 43.8 Å². The van der Waals surface area contributed by atoms with Crippen LogP contribution in [0.15, 0.2) is 103 Å². The third-order valence-corrected chi connectivity index (χ3v) is 7.65. The Morgan fingerprint density at radius 1 is 0.556 bits per heavy atom. The number of benzene rings is 5. The Kier molecular flexibility index (Phi) is 4.29. The van der Waals surface area contributed by atoms with Gasteiger partial charge < -0.3 is 10.1 Å². The van der Waals surface area contributed by atoms with E-state index in [-0.39, 0.29) is 5.41 Å². The summed E-state index contributed by atoms with van der Waals surface area (Å²) in [5.41, 5.74) is 17.4. The molecule has 0 aliphatic heterocycles. The monoisotopic (exact) mass is 464 g/mol. The molecule has 2 heteroatoms. The average Bonchev–Trinajstić information content (AvgIpc) is 3.40. The first-order valence-corrected chi connectivity index (χ1v) is 12.6. The minimum absolute atomic E-state index is 0.00447. The molecule has 0 unspecified atom stereocenters. The number of para-hydroxylation sites is 2. The van der Waals surface area contributed by atoms with Gasteiger partial charge in [-0.1, -0.05) is 87.5 Å². The summed E-state index contributed by atoms with van der Waals surface area (Å²) in [7, 11) is 0. The van der Waals surface area contributed by atoms with Crippen molar-refractivity contribution in [1.29, 1.82) is 0 Å². The van der Waals surface area contributed by atoms with Crippen molar-refractivity contribution in [3.8, 4) is 22.3 Å². The van der Waals surface area contributed by atoms with E-state index in [1.54, 1.807) is 0 Å². The molecule has 0 aliphatic carbocycles. The molecule has 0 amide bonds. The van der Waals surface area contributed by atoms with Crippen LogP contribution in [0.1, 0.15) is 26.3 Å². The van der Waals surface area contributed by atoms with Gasteiger partial charge in [-0.15, -0.1) is 0 Å². The second kappa shape index (κ2) is 7.35. The number of anilines is 1. The first-order chi connectivity index (χ1) is 17.4. The number of hydrogen-bond donors (Lipinski definition) is 1. The normalized spacial score (nSPS) is 12.4. The van der Waals surface area contributed by atoms with Crippen molar-refractivity contribution in [3.05, 3.63) is 109 Å². The lowest BCUT2D eigenvalue weighted by atomic mass is 9.82. The molecule has 2 nitrogen and oxygen atoms in total. The topological polar surface area (TPSA) is 30.4 Å². The molecular weight excluding hydrogens is 436 g/mol. The summed E-state index contributed by atoms with van der Waals surface area (Å²) in [6.07, 6.45) is 0. The first-order valence-electron chi connectivity index (χ1n) is 12.6. The summed E-state index contributed by atoms with van der Waals surface area (Å²) in [5.74, 6) is 0. The molecule has 0 atom stereocenters. The molecular formula is C34H28N2. The smallest absolute Gasteiger partial charge is 0.0620 e. The lowest BCUT2D eigenvalue weighted by molar-refractivity contribution is 0.591. The maximum absolute atomic E-state index is 6.99. The van der Waals surface area contributed by atoms with E-state index < -0.39 is 0 Å². The zero-order valence-corrected chi connectivity index (χ0v) is 20.8.